The lowest BCUT2D eigenvalue weighted by Crippen LogP contribution is -2.19. The molecule has 0 saturated carbocycles. The second kappa shape index (κ2) is 5.28. The smallest absolute Gasteiger partial charge is 0.122 e. The van der Waals surface area contributed by atoms with Crippen LogP contribution in [0.3, 0.4) is 0 Å². The molecule has 0 spiro atoms. The first-order valence-corrected chi connectivity index (χ1v) is 5.52. The standard InChI is InChI=1S/C13H14N4/c1-10(13-15-6-7-16-13)17-9-12-5-3-2-4-11(12)8-14/h2-7,10,17H,9H2,1H3,(H,15,16). The van der Waals surface area contributed by atoms with Gasteiger partial charge in [-0.2, -0.15) is 5.26 Å². The minimum Gasteiger partial charge on any atom is -0.347 e. The van der Waals surface area contributed by atoms with Crippen molar-refractivity contribution in [3.63, 3.8) is 0 Å². The average molecular weight is 226 g/mol. The molecule has 4 heteroatoms. The van der Waals surface area contributed by atoms with Gasteiger partial charge in [-0.25, -0.2) is 4.98 Å². The Bertz CT molecular complexity index is 510. The van der Waals surface area contributed by atoms with Crippen LogP contribution in [-0.2, 0) is 6.54 Å². The van der Waals surface area contributed by atoms with Crippen molar-refractivity contribution in [1.82, 2.24) is 15.3 Å². The van der Waals surface area contributed by atoms with E-state index in [0.29, 0.717) is 12.1 Å². The van der Waals surface area contributed by atoms with Gasteiger partial charge in [-0.1, -0.05) is 18.2 Å². The number of aromatic nitrogens is 2. The van der Waals surface area contributed by atoms with Crippen LogP contribution >= 0.6 is 0 Å². The largest absolute Gasteiger partial charge is 0.347 e. The summed E-state index contributed by atoms with van der Waals surface area (Å²) in [5.74, 6) is 0.902. The zero-order valence-electron chi connectivity index (χ0n) is 9.64. The molecule has 0 radical (unpaired) electrons. The maximum absolute atomic E-state index is 8.97. The van der Waals surface area contributed by atoms with E-state index >= 15 is 0 Å². The first kappa shape index (κ1) is 11.4. The fourth-order valence-electron chi connectivity index (χ4n) is 1.66. The van der Waals surface area contributed by atoms with Crippen molar-refractivity contribution in [1.29, 1.82) is 5.26 Å². The Balaban J connectivity index is 2.01. The maximum Gasteiger partial charge on any atom is 0.122 e. The third-order valence-electron chi connectivity index (χ3n) is 2.67. The number of rotatable bonds is 4. The van der Waals surface area contributed by atoms with E-state index in [2.05, 4.69) is 21.4 Å². The monoisotopic (exact) mass is 226 g/mol. The van der Waals surface area contributed by atoms with Gasteiger partial charge >= 0.3 is 0 Å². The molecule has 2 N–H and O–H groups in total. The number of nitriles is 1. The number of H-pyrrole nitrogens is 1. The van der Waals surface area contributed by atoms with E-state index in [1.807, 2.05) is 31.2 Å². The Labute approximate surface area is 100 Å². The van der Waals surface area contributed by atoms with Gasteiger partial charge in [0.2, 0.25) is 0 Å². The highest BCUT2D eigenvalue weighted by Gasteiger charge is 2.07. The molecule has 0 fully saturated rings. The highest BCUT2D eigenvalue weighted by molar-refractivity contribution is 5.37. The van der Waals surface area contributed by atoms with Crippen molar-refractivity contribution in [2.24, 2.45) is 0 Å². The molecule has 1 aromatic heterocycles. The maximum atomic E-state index is 8.97. The molecule has 1 unspecified atom stereocenters. The van der Waals surface area contributed by atoms with Gasteiger partial charge in [0.05, 0.1) is 17.7 Å². The Morgan fingerprint density at radius 1 is 1.47 bits per heavy atom. The number of nitrogens with zero attached hydrogens (tertiary/aromatic N) is 2. The molecule has 86 valence electrons. The third-order valence-corrected chi connectivity index (χ3v) is 2.67. The van der Waals surface area contributed by atoms with Crippen LogP contribution in [0.5, 0.6) is 0 Å². The molecule has 1 heterocycles. The van der Waals surface area contributed by atoms with E-state index < -0.39 is 0 Å². The number of aromatic amines is 1. The van der Waals surface area contributed by atoms with E-state index in [9.17, 15) is 0 Å². The Morgan fingerprint density at radius 2 is 2.29 bits per heavy atom. The summed E-state index contributed by atoms with van der Waals surface area (Å²) < 4.78 is 0. The van der Waals surface area contributed by atoms with Crippen molar-refractivity contribution in [2.75, 3.05) is 0 Å². The van der Waals surface area contributed by atoms with Gasteiger partial charge in [-0.3, -0.25) is 0 Å². The molecule has 0 bridgehead atoms. The van der Waals surface area contributed by atoms with E-state index in [-0.39, 0.29) is 6.04 Å². The molecule has 0 aliphatic rings. The highest BCUT2D eigenvalue weighted by Crippen LogP contribution is 2.10. The van der Waals surface area contributed by atoms with Crippen LogP contribution in [0.2, 0.25) is 0 Å². The molecular weight excluding hydrogens is 212 g/mol. The van der Waals surface area contributed by atoms with Crippen LogP contribution in [0.15, 0.2) is 36.7 Å². The summed E-state index contributed by atoms with van der Waals surface area (Å²) in [6, 6.07) is 9.93. The Kier molecular flexibility index (Phi) is 3.53. The Hall–Kier alpha value is -2.12. The lowest BCUT2D eigenvalue weighted by molar-refractivity contribution is 0.550. The van der Waals surface area contributed by atoms with Crippen LogP contribution in [0.1, 0.15) is 29.9 Å². The zero-order chi connectivity index (χ0) is 12.1. The minimum atomic E-state index is 0.136. The van der Waals surface area contributed by atoms with Gasteiger partial charge < -0.3 is 10.3 Å². The molecule has 17 heavy (non-hydrogen) atoms. The van der Waals surface area contributed by atoms with Gasteiger partial charge in [-0.05, 0) is 18.6 Å². The van der Waals surface area contributed by atoms with Gasteiger partial charge in [0.15, 0.2) is 0 Å². The molecule has 1 aromatic carbocycles. The third kappa shape index (κ3) is 2.71. The normalized spacial score (nSPS) is 12.0. The number of benzene rings is 1. The first-order valence-electron chi connectivity index (χ1n) is 5.52. The van der Waals surface area contributed by atoms with E-state index in [4.69, 9.17) is 5.26 Å². The zero-order valence-corrected chi connectivity index (χ0v) is 9.64. The highest BCUT2D eigenvalue weighted by atomic mass is 15.0. The molecule has 0 amide bonds. The number of hydrogen-bond acceptors (Lipinski definition) is 3. The summed E-state index contributed by atoms with van der Waals surface area (Å²) in [6.45, 7) is 2.69. The predicted molar refractivity (Wildman–Crippen MR) is 65.0 cm³/mol. The van der Waals surface area contributed by atoms with Gasteiger partial charge in [0.25, 0.3) is 0 Å². The molecule has 0 saturated heterocycles. The summed E-state index contributed by atoms with van der Waals surface area (Å²) in [4.78, 5) is 7.25. The van der Waals surface area contributed by atoms with E-state index in [1.54, 1.807) is 12.4 Å². The summed E-state index contributed by atoms with van der Waals surface area (Å²) in [7, 11) is 0. The molecule has 0 aliphatic heterocycles. The van der Waals surface area contributed by atoms with Gasteiger partial charge in [0.1, 0.15) is 5.82 Å². The second-order valence-corrected chi connectivity index (χ2v) is 3.85. The van der Waals surface area contributed by atoms with Crippen molar-refractivity contribution in [2.45, 2.75) is 19.5 Å². The summed E-state index contributed by atoms with van der Waals surface area (Å²) in [5, 5.41) is 12.3. The minimum absolute atomic E-state index is 0.136. The summed E-state index contributed by atoms with van der Waals surface area (Å²) in [5.41, 5.74) is 1.72. The molecule has 2 rings (SSSR count). The van der Waals surface area contributed by atoms with Gasteiger partial charge in [-0.15, -0.1) is 0 Å². The molecule has 4 nitrogen and oxygen atoms in total. The van der Waals surface area contributed by atoms with Gasteiger partial charge in [0, 0.05) is 18.9 Å². The van der Waals surface area contributed by atoms with Crippen LogP contribution in [0.25, 0.3) is 0 Å². The summed E-state index contributed by atoms with van der Waals surface area (Å²) >= 11 is 0. The predicted octanol–water partition coefficient (Wildman–Crippen LogP) is 2.13. The second-order valence-electron chi connectivity index (χ2n) is 3.85. The summed E-state index contributed by atoms with van der Waals surface area (Å²) in [6.07, 6.45) is 3.54. The van der Waals surface area contributed by atoms with Crippen LogP contribution in [0.4, 0.5) is 0 Å². The quantitative estimate of drug-likeness (QED) is 0.839. The van der Waals surface area contributed by atoms with Crippen molar-refractivity contribution >= 4 is 0 Å². The fraction of sp³-hybridized carbons (Fsp3) is 0.231. The topological polar surface area (TPSA) is 64.5 Å². The average Bonchev–Trinajstić information content (AvgIpc) is 2.90. The van der Waals surface area contributed by atoms with E-state index in [1.165, 1.54) is 0 Å². The molecule has 2 aromatic rings. The van der Waals surface area contributed by atoms with Crippen molar-refractivity contribution in [3.8, 4) is 6.07 Å². The number of imidazole rings is 1. The fourth-order valence-corrected chi connectivity index (χ4v) is 1.66. The molecule has 1 atom stereocenters. The Morgan fingerprint density at radius 3 is 3.00 bits per heavy atom. The number of hydrogen-bond donors (Lipinski definition) is 2. The lowest BCUT2D eigenvalue weighted by Gasteiger charge is -2.12. The van der Waals surface area contributed by atoms with Crippen LogP contribution in [-0.4, -0.2) is 9.97 Å². The first-order chi connectivity index (χ1) is 8.31. The van der Waals surface area contributed by atoms with Crippen molar-refractivity contribution in [3.05, 3.63) is 53.6 Å². The molecule has 0 aliphatic carbocycles. The molecular formula is C13H14N4. The van der Waals surface area contributed by atoms with E-state index in [0.717, 1.165) is 11.4 Å². The van der Waals surface area contributed by atoms with Crippen LogP contribution < -0.4 is 5.32 Å². The number of nitrogens with one attached hydrogen (secondary N) is 2. The van der Waals surface area contributed by atoms with Crippen molar-refractivity contribution < 1.29 is 0 Å². The van der Waals surface area contributed by atoms with Crippen LogP contribution in [0, 0.1) is 11.3 Å². The lowest BCUT2D eigenvalue weighted by atomic mass is 10.1. The SMILES string of the molecule is CC(NCc1ccccc1C#N)c1ncc[nH]1.